The zero-order valence-corrected chi connectivity index (χ0v) is 20.6. The van der Waals surface area contributed by atoms with E-state index in [2.05, 4.69) is 53.3 Å². The highest BCUT2D eigenvalue weighted by atomic mass is 32.1. The number of nitrogens with one attached hydrogen (secondary N) is 1. The summed E-state index contributed by atoms with van der Waals surface area (Å²) in [5.41, 5.74) is 6.52. The third-order valence-corrected chi connectivity index (χ3v) is 6.83. The van der Waals surface area contributed by atoms with Crippen LogP contribution in [-0.4, -0.2) is 27.7 Å². The van der Waals surface area contributed by atoms with E-state index in [4.69, 9.17) is 17.0 Å². The summed E-state index contributed by atoms with van der Waals surface area (Å²) in [6, 6.07) is 23.4. The molecule has 0 radical (unpaired) electrons. The average Bonchev–Trinajstić information content (AvgIpc) is 3.50. The van der Waals surface area contributed by atoms with Crippen molar-refractivity contribution < 1.29 is 9.53 Å². The van der Waals surface area contributed by atoms with Crippen molar-refractivity contribution in [2.45, 2.75) is 25.9 Å². The molecule has 2 aromatic heterocycles. The number of pyridine rings is 1. The third-order valence-electron chi connectivity index (χ3n) is 6.52. The number of anilines is 1. The van der Waals surface area contributed by atoms with Gasteiger partial charge in [0.25, 0.3) is 0 Å². The molecule has 2 atom stereocenters. The SMILES string of the molecule is COC(=O)c1ccccc1-n1cccc1[C@H]1[C@@H](c2ccccn2)NC(=S)N1c1ccc(C)c(C)c1. The van der Waals surface area contributed by atoms with E-state index in [9.17, 15) is 4.79 Å². The number of thiocarbonyl (C=S) groups is 1. The van der Waals surface area contributed by atoms with E-state index in [1.807, 2.05) is 53.2 Å². The van der Waals surface area contributed by atoms with Gasteiger partial charge in [-0.05, 0) is 85.7 Å². The van der Waals surface area contributed by atoms with Crippen molar-refractivity contribution in [2.24, 2.45) is 0 Å². The molecular formula is C28H26N4O2S. The highest BCUT2D eigenvalue weighted by Crippen LogP contribution is 2.42. The number of nitrogens with zero attached hydrogens (tertiary/aromatic N) is 3. The van der Waals surface area contributed by atoms with Crippen LogP contribution in [0.25, 0.3) is 5.69 Å². The first-order chi connectivity index (χ1) is 17.0. The largest absolute Gasteiger partial charge is 0.465 e. The molecule has 0 bridgehead atoms. The summed E-state index contributed by atoms with van der Waals surface area (Å²) in [4.78, 5) is 19.4. The van der Waals surface area contributed by atoms with E-state index < -0.39 is 0 Å². The van der Waals surface area contributed by atoms with E-state index >= 15 is 0 Å². The van der Waals surface area contributed by atoms with Crippen molar-refractivity contribution in [2.75, 3.05) is 12.0 Å². The lowest BCUT2D eigenvalue weighted by molar-refractivity contribution is 0.0600. The van der Waals surface area contributed by atoms with Crippen LogP contribution in [0.2, 0.25) is 0 Å². The summed E-state index contributed by atoms with van der Waals surface area (Å²) in [7, 11) is 1.40. The quantitative estimate of drug-likeness (QED) is 0.301. The third kappa shape index (κ3) is 4.08. The number of aromatic nitrogens is 2. The van der Waals surface area contributed by atoms with Crippen LogP contribution >= 0.6 is 12.2 Å². The van der Waals surface area contributed by atoms with Crippen LogP contribution < -0.4 is 10.2 Å². The smallest absolute Gasteiger partial charge is 0.339 e. The number of hydrogen-bond donors (Lipinski definition) is 1. The Morgan fingerprint density at radius 1 is 1.00 bits per heavy atom. The minimum absolute atomic E-state index is 0.191. The molecule has 7 heteroatoms. The number of carbonyl (C=O) groups excluding carboxylic acids is 1. The first-order valence-electron chi connectivity index (χ1n) is 11.4. The number of ether oxygens (including phenoxy) is 1. The van der Waals surface area contributed by atoms with Crippen molar-refractivity contribution in [3.8, 4) is 5.69 Å². The lowest BCUT2D eigenvalue weighted by atomic mass is 9.99. The van der Waals surface area contributed by atoms with E-state index in [0.717, 1.165) is 22.8 Å². The molecule has 2 aromatic carbocycles. The molecule has 1 aliphatic heterocycles. The zero-order chi connectivity index (χ0) is 24.5. The summed E-state index contributed by atoms with van der Waals surface area (Å²) in [6.07, 6.45) is 3.76. The van der Waals surface area contributed by atoms with Crippen molar-refractivity contribution in [3.05, 3.63) is 113 Å². The second-order valence-corrected chi connectivity index (χ2v) is 8.96. The van der Waals surface area contributed by atoms with Crippen molar-refractivity contribution in [3.63, 3.8) is 0 Å². The van der Waals surface area contributed by atoms with E-state index in [1.54, 1.807) is 12.3 Å². The average molecular weight is 483 g/mol. The van der Waals surface area contributed by atoms with E-state index in [0.29, 0.717) is 10.7 Å². The molecule has 0 spiro atoms. The highest BCUT2D eigenvalue weighted by Gasteiger charge is 2.42. The van der Waals surface area contributed by atoms with Gasteiger partial charge >= 0.3 is 5.97 Å². The lowest BCUT2D eigenvalue weighted by Gasteiger charge is -2.29. The number of methoxy groups -OCH3 is 1. The van der Waals surface area contributed by atoms with Gasteiger partial charge in [0.1, 0.15) is 6.04 Å². The zero-order valence-electron chi connectivity index (χ0n) is 19.8. The molecule has 6 nitrogen and oxygen atoms in total. The Hall–Kier alpha value is -3.97. The van der Waals surface area contributed by atoms with Crippen LogP contribution in [0.3, 0.4) is 0 Å². The predicted octanol–water partition coefficient (Wildman–Crippen LogP) is 5.45. The molecule has 176 valence electrons. The van der Waals surface area contributed by atoms with Crippen LogP contribution in [0, 0.1) is 13.8 Å². The first-order valence-corrected chi connectivity index (χ1v) is 11.8. The van der Waals surface area contributed by atoms with Gasteiger partial charge in [-0.25, -0.2) is 4.79 Å². The van der Waals surface area contributed by atoms with Crippen molar-refractivity contribution in [1.82, 2.24) is 14.9 Å². The number of rotatable bonds is 5. The Bertz CT molecular complexity index is 1400. The van der Waals surface area contributed by atoms with E-state index in [-0.39, 0.29) is 18.1 Å². The monoisotopic (exact) mass is 482 g/mol. The Kier molecular flexibility index (Phi) is 6.09. The normalized spacial score (nSPS) is 17.3. The fourth-order valence-corrected chi connectivity index (χ4v) is 4.98. The first kappa shape index (κ1) is 22.8. The summed E-state index contributed by atoms with van der Waals surface area (Å²) in [6.45, 7) is 4.20. The second-order valence-electron chi connectivity index (χ2n) is 8.58. The standard InChI is InChI=1S/C28H26N4O2S/c1-18-13-14-20(17-19(18)2)32-26(25(30-28(32)35)22-10-6-7-15-29-22)24-12-8-16-31(24)23-11-5-4-9-21(23)27(33)34-3/h4-17,25-26H,1-3H3,(H,30,35)/t25-,26+/m1/s1. The lowest BCUT2D eigenvalue weighted by Crippen LogP contribution is -2.30. The summed E-state index contributed by atoms with van der Waals surface area (Å²) in [5.74, 6) is -0.382. The fraction of sp³-hybridized carbons (Fsp3) is 0.179. The topological polar surface area (TPSA) is 59.4 Å². The van der Waals surface area contributed by atoms with Crippen LogP contribution in [0.5, 0.6) is 0 Å². The number of aryl methyl sites for hydroxylation is 2. The maximum atomic E-state index is 12.6. The highest BCUT2D eigenvalue weighted by molar-refractivity contribution is 7.80. The van der Waals surface area contributed by atoms with Gasteiger partial charge in [0.2, 0.25) is 0 Å². The molecular weight excluding hydrogens is 456 g/mol. The number of esters is 1. The Balaban J connectivity index is 1.70. The van der Waals surface area contributed by atoms with Crippen LogP contribution in [0.4, 0.5) is 5.69 Å². The van der Waals surface area contributed by atoms with Gasteiger partial charge in [0, 0.05) is 23.8 Å². The summed E-state index contributed by atoms with van der Waals surface area (Å²) < 4.78 is 7.10. The summed E-state index contributed by atoms with van der Waals surface area (Å²) in [5, 5.41) is 4.14. The van der Waals surface area contributed by atoms with Crippen molar-refractivity contribution in [1.29, 1.82) is 0 Å². The second kappa shape index (κ2) is 9.35. The maximum Gasteiger partial charge on any atom is 0.339 e. The molecule has 3 heterocycles. The Morgan fingerprint density at radius 3 is 2.54 bits per heavy atom. The minimum atomic E-state index is -0.382. The number of benzene rings is 2. The number of carbonyl (C=O) groups is 1. The molecule has 1 N–H and O–H groups in total. The van der Waals surface area contributed by atoms with Crippen LogP contribution in [0.1, 0.15) is 45.0 Å². The van der Waals surface area contributed by atoms with Gasteiger partial charge < -0.3 is 19.5 Å². The Morgan fingerprint density at radius 2 is 1.80 bits per heavy atom. The van der Waals surface area contributed by atoms with Gasteiger partial charge in [0.05, 0.1) is 30.1 Å². The van der Waals surface area contributed by atoms with E-state index in [1.165, 1.54) is 18.2 Å². The molecule has 1 fully saturated rings. The van der Waals surface area contributed by atoms with Gasteiger partial charge in [-0.3, -0.25) is 4.98 Å². The molecule has 4 aromatic rings. The van der Waals surface area contributed by atoms with Crippen LogP contribution in [-0.2, 0) is 4.74 Å². The minimum Gasteiger partial charge on any atom is -0.465 e. The molecule has 0 amide bonds. The molecule has 5 rings (SSSR count). The van der Waals surface area contributed by atoms with Crippen LogP contribution in [0.15, 0.2) is 85.2 Å². The Labute approximate surface area is 210 Å². The number of para-hydroxylation sites is 1. The maximum absolute atomic E-state index is 12.6. The molecule has 0 unspecified atom stereocenters. The van der Waals surface area contributed by atoms with Gasteiger partial charge in [-0.2, -0.15) is 0 Å². The molecule has 1 saturated heterocycles. The predicted molar refractivity (Wildman–Crippen MR) is 141 cm³/mol. The van der Waals surface area contributed by atoms with Crippen molar-refractivity contribution >= 4 is 29.0 Å². The van der Waals surface area contributed by atoms with Gasteiger partial charge in [-0.1, -0.05) is 24.3 Å². The number of hydrogen-bond acceptors (Lipinski definition) is 4. The summed E-state index contributed by atoms with van der Waals surface area (Å²) >= 11 is 5.88. The van der Waals surface area contributed by atoms with Gasteiger partial charge in [-0.15, -0.1) is 0 Å². The van der Waals surface area contributed by atoms with Gasteiger partial charge in [0.15, 0.2) is 5.11 Å². The molecule has 1 aliphatic rings. The molecule has 0 aliphatic carbocycles. The molecule has 35 heavy (non-hydrogen) atoms. The molecule has 0 saturated carbocycles. The fourth-order valence-electron chi connectivity index (χ4n) is 4.63.